The van der Waals surface area contributed by atoms with Crippen LogP contribution in [0.2, 0.25) is 0 Å². The maximum absolute atomic E-state index is 11.3. The van der Waals surface area contributed by atoms with Gasteiger partial charge in [0, 0.05) is 24.3 Å². The van der Waals surface area contributed by atoms with Crippen LogP contribution in [0.4, 0.5) is 11.4 Å². The van der Waals surface area contributed by atoms with Crippen molar-refractivity contribution in [3.05, 3.63) is 23.8 Å². The van der Waals surface area contributed by atoms with Gasteiger partial charge in [0.25, 0.3) is 0 Å². The van der Waals surface area contributed by atoms with Gasteiger partial charge in [-0.15, -0.1) is 0 Å². The fraction of sp³-hybridized carbons (Fsp3) is 0.500. The standard InChI is InChI=1S/C14H21N3O/c1-10(9-15)6-7-16-12-3-4-13-11(8-12)2-5-14(18)17-13/h3-4,8,10,16H,2,5-7,9,15H2,1H3,(H,17,18). The highest BCUT2D eigenvalue weighted by Crippen LogP contribution is 2.25. The molecule has 0 fully saturated rings. The molecular formula is C14H21N3O. The number of carbonyl (C=O) groups is 1. The number of amides is 1. The summed E-state index contributed by atoms with van der Waals surface area (Å²) in [6.45, 7) is 3.82. The first-order valence-corrected chi connectivity index (χ1v) is 6.55. The largest absolute Gasteiger partial charge is 0.385 e. The molecule has 0 bridgehead atoms. The van der Waals surface area contributed by atoms with E-state index in [0.29, 0.717) is 12.3 Å². The van der Waals surface area contributed by atoms with Crippen molar-refractivity contribution in [2.75, 3.05) is 23.7 Å². The van der Waals surface area contributed by atoms with Gasteiger partial charge >= 0.3 is 0 Å². The Labute approximate surface area is 108 Å². The van der Waals surface area contributed by atoms with E-state index in [4.69, 9.17) is 5.73 Å². The summed E-state index contributed by atoms with van der Waals surface area (Å²) in [5.74, 6) is 0.661. The third kappa shape index (κ3) is 3.23. The molecule has 0 spiro atoms. The summed E-state index contributed by atoms with van der Waals surface area (Å²) < 4.78 is 0. The second-order valence-corrected chi connectivity index (χ2v) is 4.98. The van der Waals surface area contributed by atoms with Gasteiger partial charge in [-0.2, -0.15) is 0 Å². The Hall–Kier alpha value is -1.55. The van der Waals surface area contributed by atoms with Crippen molar-refractivity contribution in [3.63, 3.8) is 0 Å². The molecule has 4 nitrogen and oxygen atoms in total. The molecule has 1 amide bonds. The van der Waals surface area contributed by atoms with Crippen molar-refractivity contribution in [2.45, 2.75) is 26.2 Å². The third-order valence-corrected chi connectivity index (χ3v) is 3.37. The van der Waals surface area contributed by atoms with Gasteiger partial charge in [-0.05, 0) is 49.1 Å². The summed E-state index contributed by atoms with van der Waals surface area (Å²) in [6.07, 6.45) is 2.49. The van der Waals surface area contributed by atoms with Crippen LogP contribution in [0, 0.1) is 5.92 Å². The number of carbonyl (C=O) groups excluding carboxylic acids is 1. The fourth-order valence-corrected chi connectivity index (χ4v) is 2.07. The topological polar surface area (TPSA) is 67.1 Å². The molecule has 4 N–H and O–H groups in total. The van der Waals surface area contributed by atoms with Gasteiger partial charge in [-0.25, -0.2) is 0 Å². The number of rotatable bonds is 5. The van der Waals surface area contributed by atoms with Crippen molar-refractivity contribution < 1.29 is 4.79 Å². The maximum Gasteiger partial charge on any atom is 0.224 e. The molecule has 0 radical (unpaired) electrons. The zero-order valence-electron chi connectivity index (χ0n) is 10.8. The molecular weight excluding hydrogens is 226 g/mol. The average Bonchev–Trinajstić information content (AvgIpc) is 2.38. The van der Waals surface area contributed by atoms with Gasteiger partial charge in [0.2, 0.25) is 5.91 Å². The minimum Gasteiger partial charge on any atom is -0.385 e. The smallest absolute Gasteiger partial charge is 0.224 e. The minimum atomic E-state index is 0.111. The maximum atomic E-state index is 11.3. The molecule has 98 valence electrons. The van der Waals surface area contributed by atoms with E-state index in [1.165, 1.54) is 5.56 Å². The Morgan fingerprint density at radius 1 is 1.44 bits per heavy atom. The van der Waals surface area contributed by atoms with Crippen LogP contribution < -0.4 is 16.4 Å². The summed E-state index contributed by atoms with van der Waals surface area (Å²) in [7, 11) is 0. The van der Waals surface area contributed by atoms with Crippen molar-refractivity contribution in [1.82, 2.24) is 0 Å². The lowest BCUT2D eigenvalue weighted by Crippen LogP contribution is -2.19. The summed E-state index contributed by atoms with van der Waals surface area (Å²) in [5, 5.41) is 6.29. The van der Waals surface area contributed by atoms with E-state index in [0.717, 1.165) is 37.3 Å². The Balaban J connectivity index is 1.93. The average molecular weight is 247 g/mol. The Kier molecular flexibility index (Phi) is 4.20. The van der Waals surface area contributed by atoms with Gasteiger partial charge in [0.1, 0.15) is 0 Å². The van der Waals surface area contributed by atoms with Gasteiger partial charge in [-0.3, -0.25) is 4.79 Å². The Morgan fingerprint density at radius 3 is 3.06 bits per heavy atom. The summed E-state index contributed by atoms with van der Waals surface area (Å²) >= 11 is 0. The molecule has 1 aromatic rings. The summed E-state index contributed by atoms with van der Waals surface area (Å²) in [6, 6.07) is 6.11. The number of nitrogens with one attached hydrogen (secondary N) is 2. The summed E-state index contributed by atoms with van der Waals surface area (Å²) in [5.41, 5.74) is 8.87. The minimum absolute atomic E-state index is 0.111. The molecule has 1 aliphatic rings. The van der Waals surface area contributed by atoms with E-state index in [9.17, 15) is 4.79 Å². The van der Waals surface area contributed by atoms with Crippen LogP contribution in [0.15, 0.2) is 18.2 Å². The van der Waals surface area contributed by atoms with E-state index in [1.54, 1.807) is 0 Å². The molecule has 1 unspecified atom stereocenters. The van der Waals surface area contributed by atoms with Gasteiger partial charge in [0.05, 0.1) is 0 Å². The molecule has 2 rings (SSSR count). The number of benzene rings is 1. The number of hydrogen-bond donors (Lipinski definition) is 3. The number of nitrogens with two attached hydrogens (primary N) is 1. The molecule has 1 atom stereocenters. The van der Waals surface area contributed by atoms with Crippen LogP contribution in [0.5, 0.6) is 0 Å². The molecule has 18 heavy (non-hydrogen) atoms. The summed E-state index contributed by atoms with van der Waals surface area (Å²) in [4.78, 5) is 11.3. The predicted octanol–water partition coefficient (Wildman–Crippen LogP) is 1.97. The highest BCUT2D eigenvalue weighted by Gasteiger charge is 2.14. The molecule has 1 aliphatic heterocycles. The van der Waals surface area contributed by atoms with Crippen LogP contribution in [0.25, 0.3) is 0 Å². The van der Waals surface area contributed by atoms with Crippen molar-refractivity contribution in [2.24, 2.45) is 11.7 Å². The van der Waals surface area contributed by atoms with E-state index in [2.05, 4.69) is 23.6 Å². The fourth-order valence-electron chi connectivity index (χ4n) is 2.07. The number of fused-ring (bicyclic) bond motifs is 1. The second-order valence-electron chi connectivity index (χ2n) is 4.98. The van der Waals surface area contributed by atoms with Crippen molar-refractivity contribution in [1.29, 1.82) is 0 Å². The van der Waals surface area contributed by atoms with Gasteiger partial charge in [-0.1, -0.05) is 6.92 Å². The SMILES string of the molecule is CC(CN)CCNc1ccc2c(c1)CCC(=O)N2. The number of aryl methyl sites for hydroxylation is 1. The lowest BCUT2D eigenvalue weighted by Gasteiger charge is -2.18. The third-order valence-electron chi connectivity index (χ3n) is 3.37. The predicted molar refractivity (Wildman–Crippen MR) is 74.7 cm³/mol. The zero-order valence-corrected chi connectivity index (χ0v) is 10.8. The van der Waals surface area contributed by atoms with Crippen LogP contribution in [-0.4, -0.2) is 19.0 Å². The zero-order chi connectivity index (χ0) is 13.0. The van der Waals surface area contributed by atoms with Crippen LogP contribution in [-0.2, 0) is 11.2 Å². The van der Waals surface area contributed by atoms with Crippen molar-refractivity contribution >= 4 is 17.3 Å². The van der Waals surface area contributed by atoms with Crippen LogP contribution in [0.3, 0.4) is 0 Å². The van der Waals surface area contributed by atoms with E-state index in [1.807, 2.05) is 12.1 Å². The Bertz CT molecular complexity index is 431. The van der Waals surface area contributed by atoms with Gasteiger partial charge in [0.15, 0.2) is 0 Å². The lowest BCUT2D eigenvalue weighted by molar-refractivity contribution is -0.116. The molecule has 0 saturated carbocycles. The van der Waals surface area contributed by atoms with E-state index >= 15 is 0 Å². The lowest BCUT2D eigenvalue weighted by atomic mass is 10.0. The quantitative estimate of drug-likeness (QED) is 0.745. The van der Waals surface area contributed by atoms with Crippen LogP contribution >= 0.6 is 0 Å². The van der Waals surface area contributed by atoms with E-state index < -0.39 is 0 Å². The normalized spacial score (nSPS) is 15.8. The van der Waals surface area contributed by atoms with Crippen molar-refractivity contribution in [3.8, 4) is 0 Å². The molecule has 0 aromatic heterocycles. The molecule has 1 aromatic carbocycles. The first-order chi connectivity index (χ1) is 8.69. The molecule has 4 heteroatoms. The first kappa shape index (κ1) is 12.9. The second kappa shape index (κ2) is 5.87. The molecule has 1 heterocycles. The highest BCUT2D eigenvalue weighted by molar-refractivity contribution is 5.94. The highest BCUT2D eigenvalue weighted by atomic mass is 16.1. The Morgan fingerprint density at radius 2 is 2.28 bits per heavy atom. The first-order valence-electron chi connectivity index (χ1n) is 6.55. The van der Waals surface area contributed by atoms with Gasteiger partial charge < -0.3 is 16.4 Å². The van der Waals surface area contributed by atoms with Crippen LogP contribution in [0.1, 0.15) is 25.3 Å². The number of anilines is 2. The molecule has 0 saturated heterocycles. The molecule has 0 aliphatic carbocycles. The monoisotopic (exact) mass is 247 g/mol. The van der Waals surface area contributed by atoms with E-state index in [-0.39, 0.29) is 5.91 Å². The number of hydrogen-bond acceptors (Lipinski definition) is 3.